The number of benzene rings is 2. The lowest BCUT2D eigenvalue weighted by Crippen LogP contribution is -2.49. The van der Waals surface area contributed by atoms with Crippen LogP contribution in [0.1, 0.15) is 16.0 Å². The van der Waals surface area contributed by atoms with E-state index in [0.717, 1.165) is 16.9 Å². The molecule has 2 heterocycles. The van der Waals surface area contributed by atoms with E-state index in [1.807, 2.05) is 30.3 Å². The zero-order valence-corrected chi connectivity index (χ0v) is 16.9. The Labute approximate surface area is 173 Å². The van der Waals surface area contributed by atoms with Gasteiger partial charge in [-0.15, -0.1) is 11.3 Å². The molecule has 0 bridgehead atoms. The van der Waals surface area contributed by atoms with Gasteiger partial charge in [0.2, 0.25) is 0 Å². The number of aliphatic carboxylic acids is 1. The Hall–Kier alpha value is -2.67. The standard InChI is InChI=1S/C23H22O5S/c1-16-5-10-21(29-16)18-4-2-3-17(11-18)12-27-20-8-6-19(7-9-20)23(14-26-15-23)28-13-22(24)25/h2-11H,12-15H2,1H3,(H,24,25). The number of carboxylic acids is 1. The zero-order chi connectivity index (χ0) is 20.3. The second-order valence-electron chi connectivity index (χ2n) is 7.09. The van der Waals surface area contributed by atoms with Crippen molar-refractivity contribution in [3.8, 4) is 16.2 Å². The molecule has 29 heavy (non-hydrogen) atoms. The molecule has 1 aromatic heterocycles. The van der Waals surface area contributed by atoms with Gasteiger partial charge in [-0.3, -0.25) is 0 Å². The van der Waals surface area contributed by atoms with Crippen LogP contribution in [0.2, 0.25) is 0 Å². The maximum Gasteiger partial charge on any atom is 0.329 e. The topological polar surface area (TPSA) is 65.0 Å². The summed E-state index contributed by atoms with van der Waals surface area (Å²) in [6, 6.07) is 20.2. The SMILES string of the molecule is Cc1ccc(-c2cccc(COc3ccc(C4(OCC(=O)O)COC4)cc3)c2)s1. The minimum absolute atomic E-state index is 0.346. The fraction of sp³-hybridized carbons (Fsp3) is 0.261. The number of rotatable bonds is 8. The highest BCUT2D eigenvalue weighted by Crippen LogP contribution is 2.35. The number of thiophene rings is 1. The van der Waals surface area contributed by atoms with Crippen molar-refractivity contribution in [2.45, 2.75) is 19.1 Å². The van der Waals surface area contributed by atoms with Crippen LogP contribution >= 0.6 is 11.3 Å². The molecule has 4 rings (SSSR count). The summed E-state index contributed by atoms with van der Waals surface area (Å²) in [5.74, 6) is -0.240. The molecule has 0 atom stereocenters. The molecule has 0 aliphatic carbocycles. The average Bonchev–Trinajstić information content (AvgIpc) is 3.13. The summed E-state index contributed by atoms with van der Waals surface area (Å²) in [5, 5.41) is 8.87. The van der Waals surface area contributed by atoms with Crippen LogP contribution in [0.5, 0.6) is 5.75 Å². The molecule has 1 saturated heterocycles. The monoisotopic (exact) mass is 410 g/mol. The van der Waals surface area contributed by atoms with Gasteiger partial charge in [-0.25, -0.2) is 4.79 Å². The first-order valence-corrected chi connectivity index (χ1v) is 10.2. The Morgan fingerprint density at radius 1 is 1.14 bits per heavy atom. The van der Waals surface area contributed by atoms with Crippen LogP contribution < -0.4 is 4.74 Å². The maximum atomic E-state index is 10.8. The molecule has 150 valence electrons. The van der Waals surface area contributed by atoms with Crippen molar-refractivity contribution in [2.75, 3.05) is 19.8 Å². The molecule has 1 aliphatic rings. The molecular weight excluding hydrogens is 388 g/mol. The summed E-state index contributed by atoms with van der Waals surface area (Å²) in [4.78, 5) is 13.4. The van der Waals surface area contributed by atoms with E-state index in [1.165, 1.54) is 15.3 Å². The largest absolute Gasteiger partial charge is 0.489 e. The van der Waals surface area contributed by atoms with E-state index in [4.69, 9.17) is 19.3 Å². The molecule has 2 aromatic carbocycles. The van der Waals surface area contributed by atoms with Gasteiger partial charge < -0.3 is 19.3 Å². The molecule has 1 fully saturated rings. The van der Waals surface area contributed by atoms with E-state index in [9.17, 15) is 4.79 Å². The van der Waals surface area contributed by atoms with E-state index >= 15 is 0 Å². The minimum Gasteiger partial charge on any atom is -0.489 e. The third-order valence-electron chi connectivity index (χ3n) is 4.88. The lowest BCUT2D eigenvalue weighted by molar-refractivity contribution is -0.220. The van der Waals surface area contributed by atoms with Crippen molar-refractivity contribution in [1.82, 2.24) is 0 Å². The van der Waals surface area contributed by atoms with Gasteiger partial charge in [-0.2, -0.15) is 0 Å². The van der Waals surface area contributed by atoms with Crippen molar-refractivity contribution in [3.63, 3.8) is 0 Å². The quantitative estimate of drug-likeness (QED) is 0.587. The third-order valence-corrected chi connectivity index (χ3v) is 5.93. The van der Waals surface area contributed by atoms with E-state index in [1.54, 1.807) is 11.3 Å². The van der Waals surface area contributed by atoms with Crippen molar-refractivity contribution in [1.29, 1.82) is 0 Å². The summed E-state index contributed by atoms with van der Waals surface area (Å²) < 4.78 is 16.8. The number of aryl methyl sites for hydroxylation is 1. The van der Waals surface area contributed by atoms with Gasteiger partial charge in [0.15, 0.2) is 0 Å². The first-order chi connectivity index (χ1) is 14.0. The van der Waals surface area contributed by atoms with Crippen molar-refractivity contribution >= 4 is 17.3 Å². The Morgan fingerprint density at radius 3 is 2.55 bits per heavy atom. The molecule has 1 N–H and O–H groups in total. The van der Waals surface area contributed by atoms with Crippen LogP contribution in [0, 0.1) is 6.92 Å². The number of ether oxygens (including phenoxy) is 3. The smallest absolute Gasteiger partial charge is 0.329 e. The molecular formula is C23H22O5S. The molecule has 0 unspecified atom stereocenters. The van der Waals surface area contributed by atoms with E-state index in [-0.39, 0.29) is 6.61 Å². The highest BCUT2D eigenvalue weighted by atomic mass is 32.1. The number of hydrogen-bond acceptors (Lipinski definition) is 5. The first kappa shape index (κ1) is 19.6. The summed E-state index contributed by atoms with van der Waals surface area (Å²) in [6.07, 6.45) is 0. The molecule has 1 aliphatic heterocycles. The van der Waals surface area contributed by atoms with Gasteiger partial charge in [-0.05, 0) is 53.9 Å². The molecule has 3 aromatic rings. The van der Waals surface area contributed by atoms with Gasteiger partial charge in [0, 0.05) is 9.75 Å². The molecule has 0 radical (unpaired) electrons. The second-order valence-corrected chi connectivity index (χ2v) is 8.38. The van der Waals surface area contributed by atoms with Crippen molar-refractivity contribution in [3.05, 3.63) is 76.7 Å². The van der Waals surface area contributed by atoms with Crippen LogP contribution in [-0.4, -0.2) is 30.9 Å². The predicted molar refractivity (Wildman–Crippen MR) is 111 cm³/mol. The van der Waals surface area contributed by atoms with Crippen LogP contribution in [-0.2, 0) is 26.5 Å². The lowest BCUT2D eigenvalue weighted by atomic mass is 9.91. The average molecular weight is 410 g/mol. The van der Waals surface area contributed by atoms with Gasteiger partial charge >= 0.3 is 5.97 Å². The summed E-state index contributed by atoms with van der Waals surface area (Å²) in [6.45, 7) is 2.95. The first-order valence-electron chi connectivity index (χ1n) is 9.37. The summed E-state index contributed by atoms with van der Waals surface area (Å²) >= 11 is 1.78. The van der Waals surface area contributed by atoms with E-state index in [0.29, 0.717) is 19.8 Å². The lowest BCUT2D eigenvalue weighted by Gasteiger charge is -2.41. The van der Waals surface area contributed by atoms with Crippen LogP contribution in [0.4, 0.5) is 0 Å². The third kappa shape index (κ3) is 4.50. The Balaban J connectivity index is 1.40. The highest BCUT2D eigenvalue weighted by Gasteiger charge is 2.42. The fourth-order valence-corrected chi connectivity index (χ4v) is 4.11. The number of carbonyl (C=O) groups is 1. The predicted octanol–water partition coefficient (Wildman–Crippen LogP) is 4.63. The molecule has 6 heteroatoms. The maximum absolute atomic E-state index is 10.8. The number of hydrogen-bond donors (Lipinski definition) is 1. The summed E-state index contributed by atoms with van der Waals surface area (Å²) in [5.41, 5.74) is 2.52. The van der Waals surface area contributed by atoms with Crippen molar-refractivity contribution < 1.29 is 24.1 Å². The van der Waals surface area contributed by atoms with Gasteiger partial charge in [0.05, 0.1) is 13.2 Å². The van der Waals surface area contributed by atoms with Crippen LogP contribution in [0.25, 0.3) is 10.4 Å². The Morgan fingerprint density at radius 2 is 1.93 bits per heavy atom. The minimum atomic E-state index is -0.990. The Bertz CT molecular complexity index is 989. The van der Waals surface area contributed by atoms with Crippen molar-refractivity contribution in [2.24, 2.45) is 0 Å². The fourth-order valence-electron chi connectivity index (χ4n) is 3.25. The summed E-state index contributed by atoms with van der Waals surface area (Å²) in [7, 11) is 0. The van der Waals surface area contributed by atoms with Gasteiger partial charge in [0.25, 0.3) is 0 Å². The van der Waals surface area contributed by atoms with E-state index < -0.39 is 11.6 Å². The number of carboxylic acid groups (broad SMARTS) is 1. The molecule has 0 spiro atoms. The Kier molecular flexibility index (Phi) is 5.67. The van der Waals surface area contributed by atoms with Gasteiger partial charge in [-0.1, -0.05) is 30.3 Å². The second kappa shape index (κ2) is 8.37. The van der Waals surface area contributed by atoms with Gasteiger partial charge in [0.1, 0.15) is 24.6 Å². The van der Waals surface area contributed by atoms with E-state index in [2.05, 4.69) is 37.3 Å². The molecule has 5 nitrogen and oxygen atoms in total. The van der Waals surface area contributed by atoms with Crippen LogP contribution in [0.3, 0.4) is 0 Å². The molecule has 0 saturated carbocycles. The molecule has 0 amide bonds. The normalized spacial score (nSPS) is 14.9. The van der Waals surface area contributed by atoms with Crippen LogP contribution in [0.15, 0.2) is 60.7 Å². The zero-order valence-electron chi connectivity index (χ0n) is 16.1. The highest BCUT2D eigenvalue weighted by molar-refractivity contribution is 7.15.